The van der Waals surface area contributed by atoms with E-state index >= 15 is 0 Å². The van der Waals surface area contributed by atoms with Gasteiger partial charge >= 0.3 is 0 Å². The summed E-state index contributed by atoms with van der Waals surface area (Å²) in [4.78, 5) is 11.9. The monoisotopic (exact) mass is 285 g/mol. The number of carbonyl (C=O) groups excluding carboxylic acids is 1. The first-order chi connectivity index (χ1) is 10.3. The van der Waals surface area contributed by atoms with Crippen molar-refractivity contribution >= 4 is 23.2 Å². The number of hydrogen-bond donors (Lipinski definition) is 1. The normalized spacial score (nSPS) is 16.6. The molecule has 0 spiro atoms. The first-order valence-electron chi connectivity index (χ1n) is 7.43. The molecule has 0 bridgehead atoms. The largest absolute Gasteiger partial charge is 0.271 e. The molecule has 1 aromatic carbocycles. The van der Waals surface area contributed by atoms with Gasteiger partial charge in [0.05, 0.1) is 5.52 Å². The molecular formula is C15H19N5O. The Hall–Kier alpha value is -2.24. The zero-order valence-electron chi connectivity index (χ0n) is 11.9. The molecule has 1 fully saturated rings. The fourth-order valence-corrected chi connectivity index (χ4v) is 2.70. The summed E-state index contributed by atoms with van der Waals surface area (Å²) in [7, 11) is 0. The Morgan fingerprint density at radius 1 is 1.33 bits per heavy atom. The van der Waals surface area contributed by atoms with Gasteiger partial charge in [0.2, 0.25) is 0 Å². The van der Waals surface area contributed by atoms with Crippen LogP contribution in [0.5, 0.6) is 0 Å². The summed E-state index contributed by atoms with van der Waals surface area (Å²) in [6.07, 6.45) is 8.05. The van der Waals surface area contributed by atoms with Crippen LogP contribution in [-0.2, 0) is 11.3 Å². The second-order valence-electron chi connectivity index (χ2n) is 5.45. The molecule has 1 N–H and O–H groups in total. The van der Waals surface area contributed by atoms with Crippen LogP contribution in [0.2, 0.25) is 0 Å². The van der Waals surface area contributed by atoms with Gasteiger partial charge in [-0.1, -0.05) is 36.6 Å². The molecule has 6 nitrogen and oxygen atoms in total. The highest BCUT2D eigenvalue weighted by atomic mass is 16.2. The predicted molar refractivity (Wildman–Crippen MR) is 80.7 cm³/mol. The highest BCUT2D eigenvalue weighted by molar-refractivity contribution is 5.80. The molecule has 2 aromatic rings. The first-order valence-corrected chi connectivity index (χ1v) is 7.43. The summed E-state index contributed by atoms with van der Waals surface area (Å²) in [6, 6.07) is 7.57. The molecule has 1 aromatic heterocycles. The van der Waals surface area contributed by atoms with Crippen LogP contribution in [-0.4, -0.2) is 27.1 Å². The van der Waals surface area contributed by atoms with Gasteiger partial charge in [-0.15, -0.1) is 5.10 Å². The van der Waals surface area contributed by atoms with Crippen molar-refractivity contribution in [2.75, 3.05) is 0 Å². The van der Waals surface area contributed by atoms with Crippen LogP contribution in [0.1, 0.15) is 32.1 Å². The van der Waals surface area contributed by atoms with Gasteiger partial charge < -0.3 is 0 Å². The Bertz CT molecular complexity index is 642. The predicted octanol–water partition coefficient (Wildman–Crippen LogP) is 2.11. The van der Waals surface area contributed by atoms with Crippen LogP contribution in [0.15, 0.2) is 29.4 Å². The molecule has 21 heavy (non-hydrogen) atoms. The first kappa shape index (κ1) is 13.7. The van der Waals surface area contributed by atoms with Crippen molar-refractivity contribution in [2.24, 2.45) is 11.0 Å². The molecule has 110 valence electrons. The molecule has 1 aliphatic rings. The molecular weight excluding hydrogens is 266 g/mol. The number of para-hydroxylation sites is 1. The molecule has 6 heteroatoms. The van der Waals surface area contributed by atoms with Gasteiger partial charge in [0.1, 0.15) is 12.1 Å². The number of fused-ring (bicyclic) bond motifs is 1. The third-order valence-electron chi connectivity index (χ3n) is 3.84. The minimum absolute atomic E-state index is 0.127. The molecule has 0 aliphatic heterocycles. The van der Waals surface area contributed by atoms with E-state index in [0.717, 1.165) is 11.0 Å². The van der Waals surface area contributed by atoms with E-state index in [4.69, 9.17) is 0 Å². The average molecular weight is 285 g/mol. The van der Waals surface area contributed by atoms with Crippen LogP contribution >= 0.6 is 0 Å². The minimum atomic E-state index is -0.183. The fraction of sp³-hybridized carbons (Fsp3) is 0.467. The SMILES string of the molecule is O=C(Cn1nnc2ccccc21)N/N=C/C1CCCCC1. The summed E-state index contributed by atoms with van der Waals surface area (Å²) in [5.74, 6) is 0.323. The molecule has 0 radical (unpaired) electrons. The lowest BCUT2D eigenvalue weighted by molar-refractivity contribution is -0.121. The van der Waals surface area contributed by atoms with Crippen LogP contribution in [0.25, 0.3) is 11.0 Å². The van der Waals surface area contributed by atoms with Crippen molar-refractivity contribution in [3.05, 3.63) is 24.3 Å². The Balaban J connectivity index is 1.55. The van der Waals surface area contributed by atoms with E-state index in [1.165, 1.54) is 32.1 Å². The van der Waals surface area contributed by atoms with Crippen LogP contribution < -0.4 is 5.43 Å². The van der Waals surface area contributed by atoms with Gasteiger partial charge in [0, 0.05) is 6.21 Å². The number of benzene rings is 1. The van der Waals surface area contributed by atoms with Crippen molar-refractivity contribution < 1.29 is 4.79 Å². The number of hydrogen-bond acceptors (Lipinski definition) is 4. The number of aromatic nitrogens is 3. The Morgan fingerprint density at radius 2 is 2.14 bits per heavy atom. The number of rotatable bonds is 4. The van der Waals surface area contributed by atoms with Crippen LogP contribution in [0.4, 0.5) is 0 Å². The van der Waals surface area contributed by atoms with Gasteiger partial charge in [-0.2, -0.15) is 5.10 Å². The topological polar surface area (TPSA) is 72.2 Å². The number of nitrogens with one attached hydrogen (secondary N) is 1. The molecule has 0 unspecified atom stereocenters. The average Bonchev–Trinajstić information content (AvgIpc) is 2.92. The van der Waals surface area contributed by atoms with E-state index in [-0.39, 0.29) is 12.5 Å². The molecule has 1 aliphatic carbocycles. The van der Waals surface area contributed by atoms with Crippen molar-refractivity contribution in [3.63, 3.8) is 0 Å². The van der Waals surface area contributed by atoms with E-state index < -0.39 is 0 Å². The third-order valence-corrected chi connectivity index (χ3v) is 3.84. The summed E-state index contributed by atoms with van der Waals surface area (Å²) < 4.78 is 1.58. The Morgan fingerprint density at radius 3 is 3.00 bits per heavy atom. The molecule has 1 amide bonds. The number of nitrogens with zero attached hydrogens (tertiary/aromatic N) is 4. The molecule has 0 saturated heterocycles. The summed E-state index contributed by atoms with van der Waals surface area (Å²) in [5, 5.41) is 12.1. The van der Waals surface area contributed by atoms with Crippen molar-refractivity contribution in [1.29, 1.82) is 0 Å². The second kappa shape index (κ2) is 6.47. The van der Waals surface area contributed by atoms with Crippen molar-refractivity contribution in [1.82, 2.24) is 20.4 Å². The zero-order chi connectivity index (χ0) is 14.5. The van der Waals surface area contributed by atoms with Crippen molar-refractivity contribution in [3.8, 4) is 0 Å². The highest BCUT2D eigenvalue weighted by Gasteiger charge is 2.11. The maximum Gasteiger partial charge on any atom is 0.261 e. The fourth-order valence-electron chi connectivity index (χ4n) is 2.70. The molecule has 1 heterocycles. The maximum atomic E-state index is 11.9. The maximum absolute atomic E-state index is 11.9. The highest BCUT2D eigenvalue weighted by Crippen LogP contribution is 2.21. The quantitative estimate of drug-likeness (QED) is 0.690. The molecule has 0 atom stereocenters. The number of amides is 1. The van der Waals surface area contributed by atoms with Crippen LogP contribution in [0.3, 0.4) is 0 Å². The van der Waals surface area contributed by atoms with Gasteiger partial charge in [0.25, 0.3) is 5.91 Å². The molecule has 3 rings (SSSR count). The lowest BCUT2D eigenvalue weighted by atomic mass is 9.90. The van der Waals surface area contributed by atoms with Gasteiger partial charge in [-0.25, -0.2) is 10.1 Å². The Labute approximate surface area is 123 Å². The van der Waals surface area contributed by atoms with E-state index in [1.807, 2.05) is 30.5 Å². The van der Waals surface area contributed by atoms with E-state index in [9.17, 15) is 4.79 Å². The van der Waals surface area contributed by atoms with Gasteiger partial charge in [-0.05, 0) is 30.9 Å². The van der Waals surface area contributed by atoms with E-state index in [1.54, 1.807) is 4.68 Å². The lowest BCUT2D eigenvalue weighted by Gasteiger charge is -2.16. The van der Waals surface area contributed by atoms with Crippen molar-refractivity contribution in [2.45, 2.75) is 38.6 Å². The van der Waals surface area contributed by atoms with Gasteiger partial charge in [0.15, 0.2) is 0 Å². The lowest BCUT2D eigenvalue weighted by Crippen LogP contribution is -2.24. The summed E-state index contributed by atoms with van der Waals surface area (Å²) in [6.45, 7) is 0.127. The summed E-state index contributed by atoms with van der Waals surface area (Å²) in [5.41, 5.74) is 4.21. The van der Waals surface area contributed by atoms with E-state index in [2.05, 4.69) is 20.8 Å². The van der Waals surface area contributed by atoms with Crippen LogP contribution in [0, 0.1) is 5.92 Å². The number of hydrazone groups is 1. The standard InChI is InChI=1S/C15H19N5O/c21-15(18-16-10-12-6-2-1-3-7-12)11-20-14-9-5-4-8-13(14)17-19-20/h4-5,8-10,12H,1-3,6-7,11H2,(H,18,21)/b16-10+. The Kier molecular flexibility index (Phi) is 4.23. The summed E-state index contributed by atoms with van der Waals surface area (Å²) >= 11 is 0. The van der Waals surface area contributed by atoms with E-state index in [0.29, 0.717) is 5.92 Å². The zero-order valence-corrected chi connectivity index (χ0v) is 11.9. The van der Waals surface area contributed by atoms with Gasteiger partial charge in [-0.3, -0.25) is 4.79 Å². The number of carbonyl (C=O) groups is 1. The molecule has 1 saturated carbocycles. The smallest absolute Gasteiger partial charge is 0.261 e. The minimum Gasteiger partial charge on any atom is -0.271 e. The second-order valence-corrected chi connectivity index (χ2v) is 5.45. The third kappa shape index (κ3) is 3.45.